The highest BCUT2D eigenvalue weighted by atomic mass is 16.4. The lowest BCUT2D eigenvalue weighted by Gasteiger charge is -2.34. The zero-order valence-electron chi connectivity index (χ0n) is 11.1. The molecule has 1 aromatic carbocycles. The summed E-state index contributed by atoms with van der Waals surface area (Å²) in [5.74, 6) is -0.970. The molecule has 0 aromatic heterocycles. The molecule has 1 unspecified atom stereocenters. The Morgan fingerprint density at radius 3 is 2.58 bits per heavy atom. The molecule has 1 aliphatic rings. The molecule has 19 heavy (non-hydrogen) atoms. The first-order chi connectivity index (χ1) is 9.10. The highest BCUT2D eigenvalue weighted by Gasteiger charge is 2.48. The number of carbonyl (C=O) groups is 2. The monoisotopic (exact) mass is 261 g/mol. The first kappa shape index (κ1) is 13.6. The average molecular weight is 261 g/mol. The van der Waals surface area contributed by atoms with E-state index in [1.54, 1.807) is 4.90 Å². The number of carbonyl (C=O) groups excluding carboxylic acids is 1. The van der Waals surface area contributed by atoms with Crippen LogP contribution in [0.5, 0.6) is 0 Å². The highest BCUT2D eigenvalue weighted by molar-refractivity contribution is 5.88. The highest BCUT2D eigenvalue weighted by Crippen LogP contribution is 2.33. The van der Waals surface area contributed by atoms with Gasteiger partial charge in [-0.25, -0.2) is 4.79 Å². The summed E-state index contributed by atoms with van der Waals surface area (Å²) >= 11 is 0. The van der Waals surface area contributed by atoms with Gasteiger partial charge in [-0.2, -0.15) is 0 Å². The number of aliphatic carboxylic acids is 1. The van der Waals surface area contributed by atoms with Crippen LogP contribution in [0.1, 0.15) is 31.7 Å². The molecule has 1 aromatic rings. The lowest BCUT2D eigenvalue weighted by Crippen LogP contribution is -2.53. The third-order valence-electron chi connectivity index (χ3n) is 3.97. The van der Waals surface area contributed by atoms with E-state index >= 15 is 0 Å². The zero-order chi connectivity index (χ0) is 13.9. The Hall–Kier alpha value is -1.84. The molecular formula is C15H19NO3. The molecule has 0 bridgehead atoms. The SMILES string of the molecule is CCC1(C(=O)O)CCCN1C(=O)Cc1ccccc1. The number of rotatable bonds is 4. The number of carboxylic acids is 1. The van der Waals surface area contributed by atoms with Crippen molar-refractivity contribution in [3.63, 3.8) is 0 Å². The van der Waals surface area contributed by atoms with Crippen molar-refractivity contribution in [1.82, 2.24) is 4.90 Å². The zero-order valence-corrected chi connectivity index (χ0v) is 11.1. The van der Waals surface area contributed by atoms with Crippen LogP contribution in [0.15, 0.2) is 30.3 Å². The lowest BCUT2D eigenvalue weighted by atomic mass is 9.92. The summed E-state index contributed by atoms with van der Waals surface area (Å²) in [5, 5.41) is 9.46. The van der Waals surface area contributed by atoms with Gasteiger partial charge in [0.25, 0.3) is 0 Å². The summed E-state index contributed by atoms with van der Waals surface area (Å²) in [4.78, 5) is 25.4. The van der Waals surface area contributed by atoms with Gasteiger partial charge in [-0.1, -0.05) is 37.3 Å². The third-order valence-corrected chi connectivity index (χ3v) is 3.97. The Bertz CT molecular complexity index is 472. The molecule has 2 rings (SSSR count). The van der Waals surface area contributed by atoms with Crippen molar-refractivity contribution in [2.45, 2.75) is 38.1 Å². The second-order valence-corrected chi connectivity index (χ2v) is 5.00. The summed E-state index contributed by atoms with van der Waals surface area (Å²) in [6, 6.07) is 9.45. The molecular weight excluding hydrogens is 242 g/mol. The normalized spacial score (nSPS) is 22.5. The predicted molar refractivity (Wildman–Crippen MR) is 71.8 cm³/mol. The fraction of sp³-hybridized carbons (Fsp3) is 0.467. The Morgan fingerprint density at radius 1 is 1.32 bits per heavy atom. The van der Waals surface area contributed by atoms with Gasteiger partial charge in [-0.05, 0) is 24.8 Å². The maximum absolute atomic E-state index is 12.4. The first-order valence-corrected chi connectivity index (χ1v) is 6.68. The lowest BCUT2D eigenvalue weighted by molar-refractivity contribution is -0.156. The number of carboxylic acid groups (broad SMARTS) is 1. The fourth-order valence-corrected chi connectivity index (χ4v) is 2.85. The second-order valence-electron chi connectivity index (χ2n) is 5.00. The number of amides is 1. The van der Waals surface area contributed by atoms with Gasteiger partial charge in [0.05, 0.1) is 6.42 Å². The van der Waals surface area contributed by atoms with Gasteiger partial charge in [-0.3, -0.25) is 4.79 Å². The molecule has 4 heteroatoms. The predicted octanol–water partition coefficient (Wildman–Crippen LogP) is 2.08. The standard InChI is InChI=1S/C15H19NO3/c1-2-15(14(18)19)9-6-10-16(15)13(17)11-12-7-4-3-5-8-12/h3-5,7-8H,2,6,9-11H2,1H3,(H,18,19). The van der Waals surface area contributed by atoms with Gasteiger partial charge in [0, 0.05) is 6.54 Å². The number of likely N-dealkylation sites (tertiary alicyclic amines) is 1. The van der Waals surface area contributed by atoms with Gasteiger partial charge in [0.1, 0.15) is 5.54 Å². The van der Waals surface area contributed by atoms with E-state index in [0.29, 0.717) is 19.4 Å². The summed E-state index contributed by atoms with van der Waals surface area (Å²) in [6.45, 7) is 2.38. The van der Waals surface area contributed by atoms with Crippen molar-refractivity contribution in [3.05, 3.63) is 35.9 Å². The molecule has 1 N–H and O–H groups in total. The van der Waals surface area contributed by atoms with Crippen molar-refractivity contribution < 1.29 is 14.7 Å². The smallest absolute Gasteiger partial charge is 0.329 e. The van der Waals surface area contributed by atoms with Crippen LogP contribution in [-0.2, 0) is 16.0 Å². The minimum Gasteiger partial charge on any atom is -0.479 e. The molecule has 0 aliphatic carbocycles. The van der Waals surface area contributed by atoms with Crippen LogP contribution in [0.3, 0.4) is 0 Å². The van der Waals surface area contributed by atoms with E-state index in [2.05, 4.69) is 0 Å². The van der Waals surface area contributed by atoms with Crippen molar-refractivity contribution in [2.24, 2.45) is 0 Å². The van der Waals surface area contributed by atoms with Crippen LogP contribution in [-0.4, -0.2) is 34.0 Å². The number of hydrogen-bond donors (Lipinski definition) is 1. The Morgan fingerprint density at radius 2 is 2.00 bits per heavy atom. The molecule has 1 atom stereocenters. The molecule has 4 nitrogen and oxygen atoms in total. The van der Waals surface area contributed by atoms with Crippen LogP contribution in [0, 0.1) is 0 Å². The van der Waals surface area contributed by atoms with Gasteiger partial charge < -0.3 is 10.0 Å². The van der Waals surface area contributed by atoms with Crippen LogP contribution in [0.4, 0.5) is 0 Å². The average Bonchev–Trinajstić information content (AvgIpc) is 2.85. The largest absolute Gasteiger partial charge is 0.479 e. The molecule has 0 saturated carbocycles. The first-order valence-electron chi connectivity index (χ1n) is 6.68. The summed E-state index contributed by atoms with van der Waals surface area (Å²) in [6.07, 6.45) is 2.05. The molecule has 1 aliphatic heterocycles. The molecule has 0 spiro atoms. The topological polar surface area (TPSA) is 57.6 Å². The number of benzene rings is 1. The summed E-state index contributed by atoms with van der Waals surface area (Å²) in [7, 11) is 0. The van der Waals surface area contributed by atoms with E-state index < -0.39 is 11.5 Å². The van der Waals surface area contributed by atoms with E-state index in [1.807, 2.05) is 37.3 Å². The van der Waals surface area contributed by atoms with E-state index in [-0.39, 0.29) is 12.3 Å². The van der Waals surface area contributed by atoms with Crippen LogP contribution < -0.4 is 0 Å². The maximum atomic E-state index is 12.4. The van der Waals surface area contributed by atoms with E-state index in [1.165, 1.54) is 0 Å². The summed E-state index contributed by atoms with van der Waals surface area (Å²) < 4.78 is 0. The fourth-order valence-electron chi connectivity index (χ4n) is 2.85. The Labute approximate surface area is 113 Å². The van der Waals surface area contributed by atoms with Crippen molar-refractivity contribution >= 4 is 11.9 Å². The third kappa shape index (κ3) is 2.48. The van der Waals surface area contributed by atoms with Gasteiger partial charge >= 0.3 is 5.97 Å². The van der Waals surface area contributed by atoms with E-state index in [9.17, 15) is 14.7 Å². The molecule has 1 saturated heterocycles. The van der Waals surface area contributed by atoms with Gasteiger partial charge in [0.2, 0.25) is 5.91 Å². The van der Waals surface area contributed by atoms with E-state index in [0.717, 1.165) is 12.0 Å². The summed E-state index contributed by atoms with van der Waals surface area (Å²) in [5.41, 5.74) is -0.0684. The second kappa shape index (κ2) is 5.43. The molecule has 102 valence electrons. The van der Waals surface area contributed by atoms with Crippen LogP contribution in [0.2, 0.25) is 0 Å². The van der Waals surface area contributed by atoms with Crippen molar-refractivity contribution in [2.75, 3.05) is 6.54 Å². The van der Waals surface area contributed by atoms with Crippen LogP contribution >= 0.6 is 0 Å². The van der Waals surface area contributed by atoms with E-state index in [4.69, 9.17) is 0 Å². The van der Waals surface area contributed by atoms with Crippen LogP contribution in [0.25, 0.3) is 0 Å². The molecule has 0 radical (unpaired) electrons. The maximum Gasteiger partial charge on any atom is 0.329 e. The molecule has 1 fully saturated rings. The van der Waals surface area contributed by atoms with Crippen molar-refractivity contribution in [3.8, 4) is 0 Å². The van der Waals surface area contributed by atoms with Crippen molar-refractivity contribution in [1.29, 1.82) is 0 Å². The number of nitrogens with zero attached hydrogens (tertiary/aromatic N) is 1. The molecule has 1 amide bonds. The quantitative estimate of drug-likeness (QED) is 0.902. The van der Waals surface area contributed by atoms with Gasteiger partial charge in [-0.15, -0.1) is 0 Å². The minimum absolute atomic E-state index is 0.0899. The Kier molecular flexibility index (Phi) is 3.88. The number of hydrogen-bond acceptors (Lipinski definition) is 2. The Balaban J connectivity index is 2.16. The van der Waals surface area contributed by atoms with Gasteiger partial charge in [0.15, 0.2) is 0 Å². The molecule has 1 heterocycles. The minimum atomic E-state index is -0.994.